The topological polar surface area (TPSA) is 0 Å². The van der Waals surface area contributed by atoms with Gasteiger partial charge in [-0.2, -0.15) is 0 Å². The Morgan fingerprint density at radius 2 is 2.20 bits per heavy atom. The number of hydrogen-bond acceptors (Lipinski definition) is 0. The zero-order chi connectivity index (χ0) is 7.56. The molecule has 1 aromatic rings. The summed E-state index contributed by atoms with van der Waals surface area (Å²) in [4.78, 5) is 0. The molecule has 0 aliphatic heterocycles. The third-order valence-electron chi connectivity index (χ3n) is 1.46. The van der Waals surface area contributed by atoms with Gasteiger partial charge in [0.05, 0.1) is 0 Å². The van der Waals surface area contributed by atoms with E-state index in [0.717, 1.165) is 6.16 Å². The van der Waals surface area contributed by atoms with Crippen LogP contribution < -0.4 is 0 Å². The Morgan fingerprint density at radius 1 is 1.50 bits per heavy atom. The van der Waals surface area contributed by atoms with E-state index in [1.165, 1.54) is 15.6 Å². The van der Waals surface area contributed by atoms with E-state index in [2.05, 4.69) is 50.3 Å². The first kappa shape index (κ1) is 8.23. The van der Waals surface area contributed by atoms with Crippen molar-refractivity contribution < 1.29 is 0 Å². The van der Waals surface area contributed by atoms with Crippen LogP contribution in [0.1, 0.15) is 11.1 Å². The predicted octanol–water partition coefficient (Wildman–Crippen LogP) is 3.13. The van der Waals surface area contributed by atoms with Gasteiger partial charge in [-0.15, -0.1) is 9.24 Å². The molecule has 0 N–H and O–H groups in total. The van der Waals surface area contributed by atoms with Gasteiger partial charge < -0.3 is 0 Å². The first-order valence-electron chi connectivity index (χ1n) is 3.19. The number of benzene rings is 1. The molecule has 1 aromatic carbocycles. The molecule has 2 heteroatoms. The van der Waals surface area contributed by atoms with Crippen molar-refractivity contribution in [1.29, 1.82) is 0 Å². The fourth-order valence-corrected chi connectivity index (χ4v) is 1.33. The van der Waals surface area contributed by atoms with Crippen LogP contribution in [-0.4, -0.2) is 0 Å². The minimum absolute atomic E-state index is 1.04. The van der Waals surface area contributed by atoms with Crippen molar-refractivity contribution in [2.24, 2.45) is 0 Å². The van der Waals surface area contributed by atoms with Crippen molar-refractivity contribution in [1.82, 2.24) is 0 Å². The molecule has 1 rings (SSSR count). The van der Waals surface area contributed by atoms with E-state index in [0.29, 0.717) is 0 Å². The minimum atomic E-state index is 1.04. The van der Waals surface area contributed by atoms with Gasteiger partial charge in [0.1, 0.15) is 0 Å². The van der Waals surface area contributed by atoms with Gasteiger partial charge in [0.2, 0.25) is 0 Å². The Hall–Kier alpha value is 0.130. The van der Waals surface area contributed by atoms with Crippen molar-refractivity contribution in [3.63, 3.8) is 0 Å². The fraction of sp³-hybridized carbons (Fsp3) is 0.250. The SMILES string of the molecule is Cc1cc(CP)ccc1Br. The monoisotopic (exact) mass is 216 g/mol. The highest BCUT2D eigenvalue weighted by Crippen LogP contribution is 2.18. The molecule has 0 bridgehead atoms. The lowest BCUT2D eigenvalue weighted by molar-refractivity contribution is 1.33. The van der Waals surface area contributed by atoms with Crippen LogP contribution in [0.4, 0.5) is 0 Å². The standard InChI is InChI=1S/C8H10BrP/c1-6-4-7(5-10)2-3-8(6)9/h2-4H,5,10H2,1H3. The summed E-state index contributed by atoms with van der Waals surface area (Å²) in [6.45, 7) is 2.11. The summed E-state index contributed by atoms with van der Waals surface area (Å²) >= 11 is 3.45. The summed E-state index contributed by atoms with van der Waals surface area (Å²) in [6, 6.07) is 6.41. The van der Waals surface area contributed by atoms with Gasteiger partial charge in [0, 0.05) is 4.47 Å². The summed E-state index contributed by atoms with van der Waals surface area (Å²) in [6.07, 6.45) is 1.04. The summed E-state index contributed by atoms with van der Waals surface area (Å²) < 4.78 is 1.19. The number of aryl methyl sites for hydroxylation is 1. The third kappa shape index (κ3) is 1.81. The van der Waals surface area contributed by atoms with Gasteiger partial charge in [-0.1, -0.05) is 28.1 Å². The molecule has 0 spiro atoms. The van der Waals surface area contributed by atoms with E-state index in [1.807, 2.05) is 0 Å². The molecule has 0 amide bonds. The lowest BCUT2D eigenvalue weighted by Crippen LogP contribution is -1.79. The second kappa shape index (κ2) is 3.50. The molecular weight excluding hydrogens is 207 g/mol. The third-order valence-corrected chi connectivity index (χ3v) is 2.82. The fourth-order valence-electron chi connectivity index (χ4n) is 0.834. The molecule has 0 nitrogen and oxygen atoms in total. The van der Waals surface area contributed by atoms with Gasteiger partial charge in [0.15, 0.2) is 0 Å². The molecule has 0 saturated heterocycles. The zero-order valence-corrected chi connectivity index (χ0v) is 8.64. The van der Waals surface area contributed by atoms with E-state index in [4.69, 9.17) is 0 Å². The lowest BCUT2D eigenvalue weighted by Gasteiger charge is -1.99. The normalized spacial score (nSPS) is 9.90. The Kier molecular flexibility index (Phi) is 2.88. The van der Waals surface area contributed by atoms with E-state index in [-0.39, 0.29) is 0 Å². The summed E-state index contributed by atoms with van der Waals surface area (Å²) in [5.41, 5.74) is 2.67. The maximum absolute atomic E-state index is 3.45. The highest BCUT2D eigenvalue weighted by molar-refractivity contribution is 9.10. The van der Waals surface area contributed by atoms with Crippen LogP contribution in [-0.2, 0) is 6.16 Å². The van der Waals surface area contributed by atoms with Crippen molar-refractivity contribution in [3.8, 4) is 0 Å². The van der Waals surface area contributed by atoms with Crippen LogP contribution in [0.2, 0.25) is 0 Å². The van der Waals surface area contributed by atoms with Crippen molar-refractivity contribution in [3.05, 3.63) is 33.8 Å². The van der Waals surface area contributed by atoms with Crippen LogP contribution in [0, 0.1) is 6.92 Å². The van der Waals surface area contributed by atoms with Gasteiger partial charge >= 0.3 is 0 Å². The van der Waals surface area contributed by atoms with Gasteiger partial charge in [-0.3, -0.25) is 0 Å². The molecule has 10 heavy (non-hydrogen) atoms. The minimum Gasteiger partial charge on any atom is -0.133 e. The predicted molar refractivity (Wildman–Crippen MR) is 52.3 cm³/mol. The molecule has 54 valence electrons. The number of hydrogen-bond donors (Lipinski definition) is 0. The molecule has 1 unspecified atom stereocenters. The van der Waals surface area contributed by atoms with Crippen LogP contribution in [0.5, 0.6) is 0 Å². The maximum atomic E-state index is 3.45. The molecule has 1 atom stereocenters. The van der Waals surface area contributed by atoms with E-state index >= 15 is 0 Å². The first-order valence-corrected chi connectivity index (χ1v) is 4.80. The molecule has 0 saturated carbocycles. The first-order chi connectivity index (χ1) is 4.74. The van der Waals surface area contributed by atoms with Gasteiger partial charge in [-0.25, -0.2) is 0 Å². The Balaban J connectivity index is 3.04. The quantitative estimate of drug-likeness (QED) is 0.634. The number of rotatable bonds is 1. The molecule has 0 fully saturated rings. The van der Waals surface area contributed by atoms with Crippen LogP contribution >= 0.6 is 25.2 Å². The zero-order valence-electron chi connectivity index (χ0n) is 5.89. The Labute approximate surface area is 72.4 Å². The molecule has 0 aromatic heterocycles. The van der Waals surface area contributed by atoms with Gasteiger partial charge in [-0.05, 0) is 30.3 Å². The summed E-state index contributed by atoms with van der Waals surface area (Å²) in [5, 5.41) is 0. The smallest absolute Gasteiger partial charge is 0.0204 e. The second-order valence-corrected chi connectivity index (χ2v) is 3.55. The highest BCUT2D eigenvalue weighted by Gasteiger charge is 1.93. The molecular formula is C8H10BrP. The second-order valence-electron chi connectivity index (χ2n) is 2.29. The average molecular weight is 217 g/mol. The van der Waals surface area contributed by atoms with Crippen molar-refractivity contribution in [2.45, 2.75) is 13.1 Å². The Bertz CT molecular complexity index is 233. The Morgan fingerprint density at radius 3 is 2.70 bits per heavy atom. The van der Waals surface area contributed by atoms with Crippen LogP contribution in [0.15, 0.2) is 22.7 Å². The molecule has 0 heterocycles. The molecule has 0 aliphatic rings. The largest absolute Gasteiger partial charge is 0.133 e. The van der Waals surface area contributed by atoms with E-state index in [9.17, 15) is 0 Å². The van der Waals surface area contributed by atoms with Crippen molar-refractivity contribution in [2.75, 3.05) is 0 Å². The van der Waals surface area contributed by atoms with E-state index < -0.39 is 0 Å². The summed E-state index contributed by atoms with van der Waals surface area (Å²) in [7, 11) is 2.72. The lowest BCUT2D eigenvalue weighted by atomic mass is 10.2. The van der Waals surface area contributed by atoms with Crippen LogP contribution in [0.25, 0.3) is 0 Å². The molecule has 0 radical (unpaired) electrons. The van der Waals surface area contributed by atoms with E-state index in [1.54, 1.807) is 0 Å². The average Bonchev–Trinajstić information content (AvgIpc) is 1.95. The van der Waals surface area contributed by atoms with Crippen molar-refractivity contribution >= 4 is 25.2 Å². The highest BCUT2D eigenvalue weighted by atomic mass is 79.9. The number of halogens is 1. The van der Waals surface area contributed by atoms with Crippen LogP contribution in [0.3, 0.4) is 0 Å². The molecule has 0 aliphatic carbocycles. The summed E-state index contributed by atoms with van der Waals surface area (Å²) in [5.74, 6) is 0. The van der Waals surface area contributed by atoms with Gasteiger partial charge in [0.25, 0.3) is 0 Å². The maximum Gasteiger partial charge on any atom is 0.0204 e.